The van der Waals surface area contributed by atoms with Crippen molar-refractivity contribution in [3.8, 4) is 0 Å². The Kier molecular flexibility index (Phi) is 6.37. The van der Waals surface area contributed by atoms with E-state index in [1.54, 1.807) is 23.9 Å². The molecule has 0 aromatic carbocycles. The fourth-order valence-electron chi connectivity index (χ4n) is 1.33. The van der Waals surface area contributed by atoms with Gasteiger partial charge in [-0.3, -0.25) is 0 Å². The highest BCUT2D eigenvalue weighted by molar-refractivity contribution is 5.45. The molecule has 10 heteroatoms. The van der Waals surface area contributed by atoms with Crippen LogP contribution in [0.5, 0.6) is 0 Å². The molecule has 0 N–H and O–H groups in total. The zero-order valence-electron chi connectivity index (χ0n) is 13.4. The summed E-state index contributed by atoms with van der Waals surface area (Å²) in [5, 5.41) is 15.3. The van der Waals surface area contributed by atoms with Crippen molar-refractivity contribution in [1.82, 2.24) is 15.0 Å². The second kappa shape index (κ2) is 8.02. The van der Waals surface area contributed by atoms with Crippen LogP contribution in [0.15, 0.2) is 20.5 Å². The highest BCUT2D eigenvalue weighted by Crippen LogP contribution is 2.16. The summed E-state index contributed by atoms with van der Waals surface area (Å²) in [7, 11) is 10.7. The smallest absolute Gasteiger partial charge is 0.233 e. The third-order valence-corrected chi connectivity index (χ3v) is 2.52. The third kappa shape index (κ3) is 4.89. The van der Waals surface area contributed by atoms with Crippen molar-refractivity contribution < 1.29 is 0 Å². The molecule has 0 aliphatic heterocycles. The van der Waals surface area contributed by atoms with Gasteiger partial charge in [0.1, 0.15) is 13.3 Å². The summed E-state index contributed by atoms with van der Waals surface area (Å²) < 4.78 is 0. The SMILES string of the molecule is C/N=N/CN(C)c1nc(N(C)C)nc(N(C)C/N=N/C)n1. The second-order valence-corrected chi connectivity index (χ2v) is 4.49. The van der Waals surface area contributed by atoms with E-state index in [9.17, 15) is 0 Å². The molecular weight excluding hydrogens is 272 g/mol. The van der Waals surface area contributed by atoms with E-state index < -0.39 is 0 Å². The first-order chi connectivity index (χ1) is 9.99. The summed E-state index contributed by atoms with van der Waals surface area (Å²) in [4.78, 5) is 18.6. The summed E-state index contributed by atoms with van der Waals surface area (Å²) in [6.45, 7) is 0.760. The second-order valence-electron chi connectivity index (χ2n) is 4.49. The van der Waals surface area contributed by atoms with Gasteiger partial charge in [-0.15, -0.1) is 0 Å². The van der Waals surface area contributed by atoms with Gasteiger partial charge in [0, 0.05) is 42.3 Å². The Morgan fingerprint density at radius 3 is 1.43 bits per heavy atom. The maximum atomic E-state index is 4.42. The van der Waals surface area contributed by atoms with Crippen LogP contribution in [0.2, 0.25) is 0 Å². The Bertz CT molecular complexity index is 460. The Labute approximate surface area is 124 Å². The molecule has 0 amide bonds. The minimum atomic E-state index is 0.380. The number of nitrogens with zero attached hydrogens (tertiary/aromatic N) is 10. The largest absolute Gasteiger partial charge is 0.347 e. The van der Waals surface area contributed by atoms with E-state index in [-0.39, 0.29) is 0 Å². The minimum absolute atomic E-state index is 0.380. The average Bonchev–Trinajstić information content (AvgIpc) is 2.49. The van der Waals surface area contributed by atoms with E-state index in [1.807, 2.05) is 33.1 Å². The summed E-state index contributed by atoms with van der Waals surface area (Å²) in [6, 6.07) is 0. The van der Waals surface area contributed by atoms with Gasteiger partial charge in [-0.05, 0) is 0 Å². The monoisotopic (exact) mass is 294 g/mol. The molecule has 1 rings (SSSR count). The lowest BCUT2D eigenvalue weighted by molar-refractivity contribution is 0.786. The molecule has 21 heavy (non-hydrogen) atoms. The predicted octanol–water partition coefficient (Wildman–Crippen LogP) is 0.889. The van der Waals surface area contributed by atoms with Crippen molar-refractivity contribution in [3.05, 3.63) is 0 Å². The highest BCUT2D eigenvalue weighted by atomic mass is 15.4. The van der Waals surface area contributed by atoms with Gasteiger partial charge in [0.15, 0.2) is 0 Å². The van der Waals surface area contributed by atoms with Crippen LogP contribution in [-0.4, -0.2) is 70.6 Å². The molecule has 0 saturated carbocycles. The van der Waals surface area contributed by atoms with E-state index in [2.05, 4.69) is 35.4 Å². The van der Waals surface area contributed by atoms with Crippen LogP contribution < -0.4 is 14.7 Å². The van der Waals surface area contributed by atoms with Crippen LogP contribution in [-0.2, 0) is 0 Å². The van der Waals surface area contributed by atoms with Crippen LogP contribution in [0.25, 0.3) is 0 Å². The van der Waals surface area contributed by atoms with Gasteiger partial charge >= 0.3 is 0 Å². The van der Waals surface area contributed by atoms with Crippen molar-refractivity contribution in [2.75, 3.05) is 70.3 Å². The fraction of sp³-hybridized carbons (Fsp3) is 0.727. The number of azo groups is 2. The molecule has 0 fully saturated rings. The summed E-state index contributed by atoms with van der Waals surface area (Å²) in [6.07, 6.45) is 0. The van der Waals surface area contributed by atoms with Crippen LogP contribution in [0, 0.1) is 0 Å². The molecule has 0 unspecified atom stereocenters. The van der Waals surface area contributed by atoms with Crippen molar-refractivity contribution in [2.24, 2.45) is 20.5 Å². The summed E-state index contributed by atoms with van der Waals surface area (Å²) in [5.41, 5.74) is 0. The van der Waals surface area contributed by atoms with Gasteiger partial charge in [-0.2, -0.15) is 35.4 Å². The Hall–Kier alpha value is -2.39. The molecule has 0 atom stereocenters. The molecular formula is C11H22N10. The normalized spacial score (nSPS) is 11.3. The molecule has 1 aromatic rings. The maximum absolute atomic E-state index is 4.42. The molecule has 116 valence electrons. The van der Waals surface area contributed by atoms with Gasteiger partial charge in [0.05, 0.1) is 0 Å². The Morgan fingerprint density at radius 2 is 1.10 bits per heavy atom. The van der Waals surface area contributed by atoms with Crippen LogP contribution >= 0.6 is 0 Å². The molecule has 0 saturated heterocycles. The van der Waals surface area contributed by atoms with Crippen LogP contribution in [0.3, 0.4) is 0 Å². The lowest BCUT2D eigenvalue weighted by Crippen LogP contribution is -2.26. The van der Waals surface area contributed by atoms with Crippen molar-refractivity contribution in [1.29, 1.82) is 0 Å². The lowest BCUT2D eigenvalue weighted by Gasteiger charge is -2.20. The minimum Gasteiger partial charge on any atom is -0.347 e. The first kappa shape index (κ1) is 16.7. The number of hydrogen-bond acceptors (Lipinski definition) is 10. The van der Waals surface area contributed by atoms with Crippen molar-refractivity contribution >= 4 is 17.8 Å². The number of anilines is 3. The highest BCUT2D eigenvalue weighted by Gasteiger charge is 2.14. The zero-order chi connectivity index (χ0) is 15.8. The summed E-state index contributed by atoms with van der Waals surface area (Å²) >= 11 is 0. The number of hydrogen-bond donors (Lipinski definition) is 0. The standard InChI is InChI=1S/C11H22N10/c1-12-14-7-20(5)10-16-9(19(3)4)17-11(18-10)21(6)8-15-13-2/h7-8H2,1-6H3/b14-12+,15-13+. The van der Waals surface area contributed by atoms with Gasteiger partial charge in [-0.25, -0.2) is 0 Å². The maximum Gasteiger partial charge on any atom is 0.233 e. The van der Waals surface area contributed by atoms with Gasteiger partial charge in [-0.1, -0.05) is 0 Å². The Balaban J connectivity index is 3.10. The van der Waals surface area contributed by atoms with E-state index in [4.69, 9.17) is 0 Å². The van der Waals surface area contributed by atoms with Gasteiger partial charge in [0.2, 0.25) is 17.8 Å². The fourth-order valence-corrected chi connectivity index (χ4v) is 1.33. The van der Waals surface area contributed by atoms with Gasteiger partial charge < -0.3 is 14.7 Å². The molecule has 0 aliphatic rings. The zero-order valence-corrected chi connectivity index (χ0v) is 13.4. The van der Waals surface area contributed by atoms with E-state index in [1.165, 1.54) is 0 Å². The van der Waals surface area contributed by atoms with E-state index in [0.717, 1.165) is 0 Å². The average molecular weight is 294 g/mol. The summed E-state index contributed by atoms with van der Waals surface area (Å²) in [5.74, 6) is 1.61. The lowest BCUT2D eigenvalue weighted by atomic mass is 10.6. The molecule has 0 radical (unpaired) electrons. The molecule has 10 nitrogen and oxygen atoms in total. The van der Waals surface area contributed by atoms with Crippen LogP contribution in [0.1, 0.15) is 0 Å². The first-order valence-corrected chi connectivity index (χ1v) is 6.36. The molecule has 0 aliphatic carbocycles. The van der Waals surface area contributed by atoms with E-state index >= 15 is 0 Å². The van der Waals surface area contributed by atoms with E-state index in [0.29, 0.717) is 31.2 Å². The van der Waals surface area contributed by atoms with Crippen molar-refractivity contribution in [3.63, 3.8) is 0 Å². The first-order valence-electron chi connectivity index (χ1n) is 6.36. The molecule has 1 heterocycles. The number of rotatable bonds is 7. The molecule has 1 aromatic heterocycles. The quantitative estimate of drug-likeness (QED) is 0.693. The number of aromatic nitrogens is 3. The topological polar surface area (TPSA) is 97.8 Å². The molecule has 0 bridgehead atoms. The van der Waals surface area contributed by atoms with Crippen molar-refractivity contribution in [2.45, 2.75) is 0 Å². The third-order valence-electron chi connectivity index (χ3n) is 2.52. The van der Waals surface area contributed by atoms with Crippen LogP contribution in [0.4, 0.5) is 17.8 Å². The molecule has 0 spiro atoms. The predicted molar refractivity (Wildman–Crippen MR) is 82.3 cm³/mol. The Morgan fingerprint density at radius 1 is 0.714 bits per heavy atom. The van der Waals surface area contributed by atoms with Gasteiger partial charge in [0.25, 0.3) is 0 Å².